The first-order chi connectivity index (χ1) is 15.9. The van der Waals surface area contributed by atoms with Gasteiger partial charge in [-0.1, -0.05) is 23.8 Å². The first-order valence-electron chi connectivity index (χ1n) is 10.6. The predicted molar refractivity (Wildman–Crippen MR) is 128 cm³/mol. The van der Waals surface area contributed by atoms with Gasteiger partial charge in [-0.25, -0.2) is 8.42 Å². The Morgan fingerprint density at radius 3 is 2.52 bits per heavy atom. The van der Waals surface area contributed by atoms with Gasteiger partial charge in [-0.05, 0) is 61.9 Å². The fourth-order valence-electron chi connectivity index (χ4n) is 3.57. The highest BCUT2D eigenvalue weighted by atomic mass is 32.2. The molecular weight excluding hydrogens is 438 g/mol. The molecule has 0 radical (unpaired) electrons. The highest BCUT2D eigenvalue weighted by Gasteiger charge is 2.26. The van der Waals surface area contributed by atoms with E-state index in [0.717, 1.165) is 16.5 Å². The third kappa shape index (κ3) is 5.13. The Bertz CT molecular complexity index is 1420. The average molecular weight is 464 g/mol. The van der Waals surface area contributed by atoms with Crippen molar-refractivity contribution in [1.82, 2.24) is 14.3 Å². The van der Waals surface area contributed by atoms with Crippen molar-refractivity contribution in [3.8, 4) is 5.75 Å². The smallest absolute Gasteiger partial charge is 0.252 e. The number of rotatable bonds is 8. The molecule has 0 saturated carbocycles. The molecule has 4 aromatic rings. The van der Waals surface area contributed by atoms with E-state index in [4.69, 9.17) is 4.74 Å². The van der Waals surface area contributed by atoms with E-state index in [0.29, 0.717) is 23.4 Å². The van der Waals surface area contributed by atoms with Gasteiger partial charge in [-0.2, -0.15) is 4.31 Å². The maximum atomic E-state index is 13.5. The van der Waals surface area contributed by atoms with Crippen LogP contribution in [-0.2, 0) is 23.1 Å². The minimum absolute atomic E-state index is 0.0838. The van der Waals surface area contributed by atoms with Crippen LogP contribution in [0.15, 0.2) is 82.7 Å². The molecule has 0 unspecified atom stereocenters. The van der Waals surface area contributed by atoms with Crippen LogP contribution in [0.2, 0.25) is 0 Å². The number of fused-ring (bicyclic) bond motifs is 1. The Morgan fingerprint density at radius 2 is 1.82 bits per heavy atom. The minimum atomic E-state index is -3.87. The van der Waals surface area contributed by atoms with Gasteiger partial charge in [0.1, 0.15) is 5.75 Å². The summed E-state index contributed by atoms with van der Waals surface area (Å²) in [6, 6.07) is 17.4. The monoisotopic (exact) mass is 463 g/mol. The van der Waals surface area contributed by atoms with Gasteiger partial charge in [0.2, 0.25) is 10.0 Å². The first-order valence-corrected chi connectivity index (χ1v) is 12.1. The minimum Gasteiger partial charge on any atom is -0.494 e. The van der Waals surface area contributed by atoms with Gasteiger partial charge in [0.05, 0.1) is 11.5 Å². The van der Waals surface area contributed by atoms with E-state index in [2.05, 4.69) is 9.97 Å². The number of ether oxygens (including phenoxy) is 1. The lowest BCUT2D eigenvalue weighted by atomic mass is 10.1. The summed E-state index contributed by atoms with van der Waals surface area (Å²) in [5.41, 5.74) is 2.36. The maximum absolute atomic E-state index is 13.5. The zero-order chi connectivity index (χ0) is 23.4. The van der Waals surface area contributed by atoms with Gasteiger partial charge < -0.3 is 9.72 Å². The van der Waals surface area contributed by atoms with Gasteiger partial charge >= 0.3 is 0 Å². The molecule has 2 aromatic heterocycles. The maximum Gasteiger partial charge on any atom is 0.252 e. The number of hydrogen-bond donors (Lipinski definition) is 1. The first kappa shape index (κ1) is 22.7. The molecule has 0 amide bonds. The van der Waals surface area contributed by atoms with Crippen LogP contribution in [0.3, 0.4) is 0 Å². The van der Waals surface area contributed by atoms with E-state index in [1.54, 1.807) is 60.9 Å². The molecule has 0 aliphatic carbocycles. The quantitative estimate of drug-likeness (QED) is 0.426. The molecule has 2 aromatic carbocycles. The summed E-state index contributed by atoms with van der Waals surface area (Å²) in [4.78, 5) is 19.9. The molecule has 33 heavy (non-hydrogen) atoms. The third-order valence-corrected chi connectivity index (χ3v) is 7.10. The number of aryl methyl sites for hydroxylation is 1. The second kappa shape index (κ2) is 9.56. The summed E-state index contributed by atoms with van der Waals surface area (Å²) in [5.74, 6) is 0.683. The second-order valence-electron chi connectivity index (χ2n) is 7.75. The molecule has 1 N–H and O–H groups in total. The lowest BCUT2D eigenvalue weighted by molar-refractivity contribution is 0.340. The molecule has 2 heterocycles. The van der Waals surface area contributed by atoms with Crippen molar-refractivity contribution in [1.29, 1.82) is 0 Å². The number of nitrogens with one attached hydrogen (secondary N) is 1. The largest absolute Gasteiger partial charge is 0.494 e. The molecule has 0 aliphatic heterocycles. The van der Waals surface area contributed by atoms with E-state index >= 15 is 0 Å². The van der Waals surface area contributed by atoms with Crippen molar-refractivity contribution in [2.75, 3.05) is 6.61 Å². The van der Waals surface area contributed by atoms with Gasteiger partial charge in [0.15, 0.2) is 0 Å². The summed E-state index contributed by atoms with van der Waals surface area (Å²) in [6.07, 6.45) is 3.25. The van der Waals surface area contributed by atoms with E-state index in [1.165, 1.54) is 4.31 Å². The highest BCUT2D eigenvalue weighted by Crippen LogP contribution is 2.23. The SMILES string of the molecule is CCOc1ccc2[nH]c(=O)c(CN(Cc3cccnc3)S(=O)(=O)c3ccc(C)cc3)cc2c1. The van der Waals surface area contributed by atoms with Crippen LogP contribution in [0.25, 0.3) is 10.9 Å². The summed E-state index contributed by atoms with van der Waals surface area (Å²) >= 11 is 0. The normalized spacial score (nSPS) is 11.7. The fourth-order valence-corrected chi connectivity index (χ4v) is 4.98. The van der Waals surface area contributed by atoms with Crippen molar-refractivity contribution in [3.05, 3.63) is 100 Å². The molecule has 4 rings (SSSR count). The Balaban J connectivity index is 1.76. The number of H-pyrrole nitrogens is 1. The van der Waals surface area contributed by atoms with Gasteiger partial charge in [-0.3, -0.25) is 9.78 Å². The van der Waals surface area contributed by atoms with Gasteiger partial charge in [0.25, 0.3) is 5.56 Å². The predicted octanol–water partition coefficient (Wildman–Crippen LogP) is 4.02. The van der Waals surface area contributed by atoms with Crippen LogP contribution in [0.1, 0.15) is 23.6 Å². The van der Waals surface area contributed by atoms with Crippen LogP contribution >= 0.6 is 0 Å². The molecule has 0 bridgehead atoms. The van der Waals surface area contributed by atoms with Gasteiger partial charge in [-0.15, -0.1) is 0 Å². The van der Waals surface area contributed by atoms with Crippen LogP contribution in [0.5, 0.6) is 5.75 Å². The molecule has 7 nitrogen and oxygen atoms in total. The fraction of sp³-hybridized carbons (Fsp3) is 0.200. The van der Waals surface area contributed by atoms with Crippen LogP contribution in [0.4, 0.5) is 0 Å². The summed E-state index contributed by atoms with van der Waals surface area (Å²) in [6.45, 7) is 4.31. The average Bonchev–Trinajstić information content (AvgIpc) is 2.80. The Labute approximate surface area is 192 Å². The molecule has 0 aliphatic rings. The number of sulfonamides is 1. The Kier molecular flexibility index (Phi) is 6.57. The van der Waals surface area contributed by atoms with Crippen LogP contribution in [-0.4, -0.2) is 29.3 Å². The zero-order valence-corrected chi connectivity index (χ0v) is 19.3. The summed E-state index contributed by atoms with van der Waals surface area (Å²) < 4.78 is 33.9. The lowest BCUT2D eigenvalue weighted by Crippen LogP contribution is -2.32. The van der Waals surface area contributed by atoms with Crippen LogP contribution < -0.4 is 10.3 Å². The number of pyridine rings is 2. The third-order valence-electron chi connectivity index (χ3n) is 5.29. The van der Waals surface area contributed by atoms with Crippen molar-refractivity contribution in [2.45, 2.75) is 31.8 Å². The molecule has 0 atom stereocenters. The lowest BCUT2D eigenvalue weighted by Gasteiger charge is -2.22. The topological polar surface area (TPSA) is 92.4 Å². The van der Waals surface area contributed by atoms with Crippen molar-refractivity contribution in [3.63, 3.8) is 0 Å². The number of nitrogens with zero attached hydrogens (tertiary/aromatic N) is 2. The van der Waals surface area contributed by atoms with Crippen molar-refractivity contribution in [2.24, 2.45) is 0 Å². The number of aromatic amines is 1. The van der Waals surface area contributed by atoms with Gasteiger partial charge in [0, 0.05) is 41.9 Å². The molecule has 170 valence electrons. The zero-order valence-electron chi connectivity index (χ0n) is 18.5. The molecule has 0 spiro atoms. The van der Waals surface area contributed by atoms with Crippen molar-refractivity contribution >= 4 is 20.9 Å². The van der Waals surface area contributed by atoms with E-state index < -0.39 is 10.0 Å². The van der Waals surface area contributed by atoms with E-state index in [-0.39, 0.29) is 23.5 Å². The summed E-state index contributed by atoms with van der Waals surface area (Å²) in [5, 5.41) is 0.768. The molecule has 0 saturated heterocycles. The van der Waals surface area contributed by atoms with E-state index in [9.17, 15) is 13.2 Å². The molecular formula is C25H25N3O4S. The Morgan fingerprint density at radius 1 is 1.03 bits per heavy atom. The van der Waals surface area contributed by atoms with E-state index in [1.807, 2.05) is 26.0 Å². The number of aromatic nitrogens is 2. The summed E-state index contributed by atoms with van der Waals surface area (Å²) in [7, 11) is -3.87. The standard InChI is InChI=1S/C25H25N3O4S/c1-3-32-22-8-11-24-20(14-22)13-21(25(29)27-24)17-28(16-19-5-4-12-26-15-19)33(30,31)23-9-6-18(2)7-10-23/h4-15H,3,16-17H2,1-2H3,(H,27,29). The molecule has 8 heteroatoms. The molecule has 0 fully saturated rings. The number of benzene rings is 2. The second-order valence-corrected chi connectivity index (χ2v) is 9.69. The van der Waals surface area contributed by atoms with Crippen molar-refractivity contribution < 1.29 is 13.2 Å². The highest BCUT2D eigenvalue weighted by molar-refractivity contribution is 7.89. The Hall–Kier alpha value is -3.49. The number of hydrogen-bond acceptors (Lipinski definition) is 5. The van der Waals surface area contributed by atoms with Crippen LogP contribution in [0, 0.1) is 6.92 Å².